The Kier molecular flexibility index (Phi) is 3.33. The lowest BCUT2D eigenvalue weighted by molar-refractivity contribution is 1.12. The quantitative estimate of drug-likeness (QED) is 0.497. The minimum atomic E-state index is 0.524. The Morgan fingerprint density at radius 2 is 2.06 bits per heavy atom. The van der Waals surface area contributed by atoms with Crippen LogP contribution in [0.3, 0.4) is 0 Å². The molecule has 2 aromatic rings. The molecule has 1 aromatic heterocycles. The van der Waals surface area contributed by atoms with Gasteiger partial charge in [0.1, 0.15) is 5.84 Å². The molecule has 0 atom stereocenters. The molecular formula is C13H17N3S. The van der Waals surface area contributed by atoms with Crippen LogP contribution in [-0.4, -0.2) is 12.4 Å². The Morgan fingerprint density at radius 1 is 1.29 bits per heavy atom. The van der Waals surface area contributed by atoms with Gasteiger partial charge in [0.25, 0.3) is 0 Å². The second-order valence-electron chi connectivity index (χ2n) is 3.90. The molecule has 2 rings (SSSR count). The maximum Gasteiger partial charge on any atom is 0.127 e. The van der Waals surface area contributed by atoms with Gasteiger partial charge in [-0.1, -0.05) is 6.92 Å². The van der Waals surface area contributed by atoms with Gasteiger partial charge in [0, 0.05) is 27.4 Å². The minimum absolute atomic E-state index is 0.524. The summed E-state index contributed by atoms with van der Waals surface area (Å²) in [4.78, 5) is 5.57. The van der Waals surface area contributed by atoms with Gasteiger partial charge in [-0.2, -0.15) is 0 Å². The van der Waals surface area contributed by atoms with Gasteiger partial charge in [0.15, 0.2) is 0 Å². The van der Waals surface area contributed by atoms with Gasteiger partial charge in [0.05, 0.1) is 0 Å². The van der Waals surface area contributed by atoms with Crippen LogP contribution in [0, 0.1) is 0 Å². The first kappa shape index (κ1) is 11.9. The summed E-state index contributed by atoms with van der Waals surface area (Å²) in [7, 11) is 0. The molecule has 4 heteroatoms. The Bertz CT molecular complexity index is 569. The van der Waals surface area contributed by atoms with Crippen LogP contribution >= 0.6 is 11.3 Å². The van der Waals surface area contributed by atoms with E-state index in [0.29, 0.717) is 18.1 Å². The van der Waals surface area contributed by atoms with Gasteiger partial charge in [-0.15, -0.1) is 11.3 Å². The summed E-state index contributed by atoms with van der Waals surface area (Å²) in [6, 6.07) is 6.23. The Balaban J connectivity index is 2.58. The van der Waals surface area contributed by atoms with Crippen LogP contribution < -0.4 is 11.5 Å². The van der Waals surface area contributed by atoms with Crippen molar-refractivity contribution in [3.8, 4) is 0 Å². The molecule has 0 aliphatic carbocycles. The van der Waals surface area contributed by atoms with Crippen molar-refractivity contribution in [2.45, 2.75) is 20.3 Å². The van der Waals surface area contributed by atoms with E-state index < -0.39 is 0 Å². The van der Waals surface area contributed by atoms with E-state index in [-0.39, 0.29) is 0 Å². The predicted octanol–water partition coefficient (Wildman–Crippen LogP) is 2.77. The first-order chi connectivity index (χ1) is 8.15. The first-order valence-electron chi connectivity index (χ1n) is 5.78. The molecule has 0 fully saturated rings. The molecule has 4 N–H and O–H groups in total. The van der Waals surface area contributed by atoms with Crippen molar-refractivity contribution in [3.63, 3.8) is 0 Å². The number of amidine groups is 1. The van der Waals surface area contributed by atoms with Crippen LogP contribution in [0.5, 0.6) is 0 Å². The molecule has 0 saturated carbocycles. The molecular weight excluding hydrogens is 230 g/mol. The molecule has 17 heavy (non-hydrogen) atoms. The van der Waals surface area contributed by atoms with Crippen molar-refractivity contribution in [3.05, 3.63) is 28.6 Å². The third-order valence-electron chi connectivity index (χ3n) is 2.69. The van der Waals surface area contributed by atoms with Crippen molar-refractivity contribution in [1.29, 1.82) is 0 Å². The van der Waals surface area contributed by atoms with E-state index in [9.17, 15) is 0 Å². The number of nitrogen functional groups attached to an aromatic ring is 1. The lowest BCUT2D eigenvalue weighted by Crippen LogP contribution is -2.15. The maximum atomic E-state index is 6.01. The number of anilines is 1. The van der Waals surface area contributed by atoms with E-state index in [1.807, 2.05) is 19.1 Å². The Hall–Kier alpha value is -1.55. The lowest BCUT2D eigenvalue weighted by Gasteiger charge is -2.05. The Labute approximate surface area is 105 Å². The standard InChI is InChI=1S/C13H17N3S/c1-3-9-5-8-6-10(13(15)16-4-2)11(14)7-12(8)17-9/h5-7H,3-4,14H2,1-2H3,(H2,15,16). The van der Waals surface area contributed by atoms with Crippen molar-refractivity contribution in [2.75, 3.05) is 12.3 Å². The van der Waals surface area contributed by atoms with Crippen LogP contribution in [0.25, 0.3) is 10.1 Å². The summed E-state index contributed by atoms with van der Waals surface area (Å²) in [6.45, 7) is 4.79. The summed E-state index contributed by atoms with van der Waals surface area (Å²) in [6.07, 6.45) is 1.05. The number of nitrogens with zero attached hydrogens (tertiary/aromatic N) is 1. The van der Waals surface area contributed by atoms with Crippen molar-refractivity contribution in [1.82, 2.24) is 0 Å². The molecule has 1 heterocycles. The average molecular weight is 247 g/mol. The van der Waals surface area contributed by atoms with Crippen LogP contribution in [-0.2, 0) is 6.42 Å². The third kappa shape index (κ3) is 2.26. The molecule has 0 amide bonds. The predicted molar refractivity (Wildman–Crippen MR) is 76.9 cm³/mol. The van der Waals surface area contributed by atoms with Crippen LogP contribution in [0.1, 0.15) is 24.3 Å². The number of rotatable bonds is 3. The zero-order valence-corrected chi connectivity index (χ0v) is 11.0. The van der Waals surface area contributed by atoms with Crippen molar-refractivity contribution in [2.24, 2.45) is 10.7 Å². The van der Waals surface area contributed by atoms with Crippen LogP contribution in [0.4, 0.5) is 5.69 Å². The molecule has 1 aromatic carbocycles. The molecule has 0 aliphatic heterocycles. The van der Waals surface area contributed by atoms with Crippen LogP contribution in [0.15, 0.2) is 23.2 Å². The molecule has 0 aliphatic rings. The Morgan fingerprint density at radius 3 is 2.71 bits per heavy atom. The van der Waals surface area contributed by atoms with E-state index in [4.69, 9.17) is 11.5 Å². The first-order valence-corrected chi connectivity index (χ1v) is 6.59. The smallest absolute Gasteiger partial charge is 0.127 e. The highest BCUT2D eigenvalue weighted by Gasteiger charge is 2.08. The third-order valence-corrected chi connectivity index (χ3v) is 3.93. The van der Waals surface area contributed by atoms with Gasteiger partial charge in [0.2, 0.25) is 0 Å². The number of hydrogen-bond acceptors (Lipinski definition) is 3. The van der Waals surface area contributed by atoms with E-state index in [1.165, 1.54) is 15.0 Å². The molecule has 0 saturated heterocycles. The topological polar surface area (TPSA) is 64.4 Å². The summed E-state index contributed by atoms with van der Waals surface area (Å²) in [5, 5.41) is 1.20. The van der Waals surface area contributed by atoms with Gasteiger partial charge >= 0.3 is 0 Å². The summed E-state index contributed by atoms with van der Waals surface area (Å²) >= 11 is 1.78. The van der Waals surface area contributed by atoms with E-state index >= 15 is 0 Å². The van der Waals surface area contributed by atoms with Gasteiger partial charge in [-0.3, -0.25) is 4.99 Å². The number of hydrogen-bond donors (Lipinski definition) is 2. The molecule has 0 unspecified atom stereocenters. The van der Waals surface area contributed by atoms with Crippen molar-refractivity contribution < 1.29 is 0 Å². The molecule has 3 nitrogen and oxygen atoms in total. The van der Waals surface area contributed by atoms with Crippen LogP contribution in [0.2, 0.25) is 0 Å². The largest absolute Gasteiger partial charge is 0.398 e. The van der Waals surface area contributed by atoms with Gasteiger partial charge in [-0.25, -0.2) is 0 Å². The minimum Gasteiger partial charge on any atom is -0.398 e. The number of benzene rings is 1. The summed E-state index contributed by atoms with van der Waals surface area (Å²) in [5.41, 5.74) is 13.5. The molecule has 0 bridgehead atoms. The van der Waals surface area contributed by atoms with Crippen molar-refractivity contribution >= 4 is 32.9 Å². The highest BCUT2D eigenvalue weighted by atomic mass is 32.1. The van der Waals surface area contributed by atoms with E-state index in [0.717, 1.165) is 12.0 Å². The SMILES string of the molecule is CCN=C(N)c1cc2cc(CC)sc2cc1N. The zero-order valence-electron chi connectivity index (χ0n) is 10.2. The monoisotopic (exact) mass is 247 g/mol. The average Bonchev–Trinajstić information content (AvgIpc) is 2.70. The number of thiophene rings is 1. The number of fused-ring (bicyclic) bond motifs is 1. The summed E-state index contributed by atoms with van der Waals surface area (Å²) < 4.78 is 1.22. The second-order valence-corrected chi connectivity index (χ2v) is 5.07. The fourth-order valence-corrected chi connectivity index (χ4v) is 2.84. The van der Waals surface area contributed by atoms with Gasteiger partial charge < -0.3 is 11.5 Å². The number of nitrogens with two attached hydrogens (primary N) is 2. The lowest BCUT2D eigenvalue weighted by atomic mass is 10.1. The fraction of sp³-hybridized carbons (Fsp3) is 0.308. The summed E-state index contributed by atoms with van der Waals surface area (Å²) in [5.74, 6) is 0.524. The molecule has 0 radical (unpaired) electrons. The molecule has 90 valence electrons. The maximum absolute atomic E-state index is 6.01. The second kappa shape index (κ2) is 4.75. The zero-order chi connectivity index (χ0) is 12.4. The normalized spacial score (nSPS) is 12.2. The highest BCUT2D eigenvalue weighted by Crippen LogP contribution is 2.30. The molecule has 0 spiro atoms. The van der Waals surface area contributed by atoms with E-state index in [2.05, 4.69) is 18.0 Å². The fourth-order valence-electron chi connectivity index (χ4n) is 1.81. The van der Waals surface area contributed by atoms with E-state index in [1.54, 1.807) is 11.3 Å². The number of aliphatic imine (C=N–C) groups is 1. The number of aryl methyl sites for hydroxylation is 1. The highest BCUT2D eigenvalue weighted by molar-refractivity contribution is 7.19. The van der Waals surface area contributed by atoms with Gasteiger partial charge in [-0.05, 0) is 36.9 Å².